The SMILES string of the molecule is Cc1cc(C)c(-c2csc(=NCC3CCCO3)n2N=Cc2ccc(-c3ccccc3)cc2)cc1C. The lowest BCUT2D eigenvalue weighted by Crippen LogP contribution is -2.17. The zero-order valence-electron chi connectivity index (χ0n) is 20.6. The van der Waals surface area contributed by atoms with E-state index < -0.39 is 0 Å². The average molecular weight is 482 g/mol. The van der Waals surface area contributed by atoms with Gasteiger partial charge in [0.2, 0.25) is 4.80 Å². The molecule has 5 heteroatoms. The Labute approximate surface area is 211 Å². The van der Waals surface area contributed by atoms with Gasteiger partial charge in [0.25, 0.3) is 0 Å². The number of ether oxygens (including phenoxy) is 1. The van der Waals surface area contributed by atoms with Gasteiger partial charge in [-0.05, 0) is 73.1 Å². The number of nitrogens with zero attached hydrogens (tertiary/aromatic N) is 3. The molecule has 3 aromatic carbocycles. The van der Waals surface area contributed by atoms with Crippen LogP contribution in [0.15, 0.2) is 82.2 Å². The maximum Gasteiger partial charge on any atom is 0.206 e. The van der Waals surface area contributed by atoms with E-state index in [2.05, 4.69) is 86.8 Å². The van der Waals surface area contributed by atoms with E-state index in [1.165, 1.54) is 33.4 Å². The molecular weight excluding hydrogens is 450 g/mol. The van der Waals surface area contributed by atoms with E-state index in [0.29, 0.717) is 6.54 Å². The van der Waals surface area contributed by atoms with Crippen molar-refractivity contribution < 1.29 is 4.74 Å². The second-order valence-electron chi connectivity index (χ2n) is 9.18. The smallest absolute Gasteiger partial charge is 0.206 e. The van der Waals surface area contributed by atoms with Gasteiger partial charge in [0.15, 0.2) is 0 Å². The van der Waals surface area contributed by atoms with Crippen molar-refractivity contribution in [3.05, 3.63) is 99.2 Å². The summed E-state index contributed by atoms with van der Waals surface area (Å²) in [5, 5.41) is 7.09. The number of thiazole rings is 1. The maximum atomic E-state index is 5.79. The standard InChI is InChI=1S/C30H31N3OS/c1-21-16-23(3)28(17-22(21)2)29-20-35-30(31-19-27-10-7-15-34-27)33(29)32-18-24-11-13-26(14-12-24)25-8-5-4-6-9-25/h4-6,8-9,11-14,16-18,20,27H,7,10,15,19H2,1-3H3. The van der Waals surface area contributed by atoms with Crippen LogP contribution in [0.4, 0.5) is 0 Å². The zero-order valence-corrected chi connectivity index (χ0v) is 21.4. The average Bonchev–Trinajstić information content (AvgIpc) is 3.54. The number of rotatable bonds is 6. The monoisotopic (exact) mass is 481 g/mol. The van der Waals surface area contributed by atoms with Crippen LogP contribution in [0.1, 0.15) is 35.1 Å². The zero-order chi connectivity index (χ0) is 24.2. The molecule has 1 atom stereocenters. The molecule has 5 rings (SSSR count). The van der Waals surface area contributed by atoms with Crippen LogP contribution in [0.2, 0.25) is 0 Å². The molecule has 1 saturated heterocycles. The van der Waals surface area contributed by atoms with E-state index in [0.717, 1.165) is 35.5 Å². The molecule has 0 saturated carbocycles. The van der Waals surface area contributed by atoms with Crippen molar-refractivity contribution in [1.29, 1.82) is 0 Å². The lowest BCUT2D eigenvalue weighted by atomic mass is 9.99. The summed E-state index contributed by atoms with van der Waals surface area (Å²) in [5.41, 5.74) is 9.55. The predicted octanol–water partition coefficient (Wildman–Crippen LogP) is 6.77. The van der Waals surface area contributed by atoms with Gasteiger partial charge in [-0.25, -0.2) is 4.68 Å². The van der Waals surface area contributed by atoms with Gasteiger partial charge >= 0.3 is 0 Å². The van der Waals surface area contributed by atoms with Crippen molar-refractivity contribution in [1.82, 2.24) is 4.68 Å². The predicted molar refractivity (Wildman–Crippen MR) is 146 cm³/mol. The fraction of sp³-hybridized carbons (Fsp3) is 0.267. The van der Waals surface area contributed by atoms with Gasteiger partial charge < -0.3 is 4.74 Å². The Morgan fingerprint density at radius 1 is 0.943 bits per heavy atom. The first kappa shape index (κ1) is 23.5. The highest BCUT2D eigenvalue weighted by molar-refractivity contribution is 7.07. The van der Waals surface area contributed by atoms with Gasteiger partial charge in [-0.3, -0.25) is 4.99 Å². The first-order valence-corrected chi connectivity index (χ1v) is 13.1. The first-order valence-electron chi connectivity index (χ1n) is 12.2. The lowest BCUT2D eigenvalue weighted by molar-refractivity contribution is 0.117. The summed E-state index contributed by atoms with van der Waals surface area (Å²) in [4.78, 5) is 5.81. The number of hydrogen-bond acceptors (Lipinski definition) is 4. The molecule has 4 nitrogen and oxygen atoms in total. The highest BCUT2D eigenvalue weighted by atomic mass is 32.1. The van der Waals surface area contributed by atoms with Crippen LogP contribution in [0.25, 0.3) is 22.4 Å². The van der Waals surface area contributed by atoms with E-state index in [9.17, 15) is 0 Å². The van der Waals surface area contributed by atoms with Gasteiger partial charge in [-0.1, -0.05) is 60.7 Å². The molecule has 1 unspecified atom stereocenters. The minimum Gasteiger partial charge on any atom is -0.376 e. The van der Waals surface area contributed by atoms with Crippen molar-refractivity contribution in [3.63, 3.8) is 0 Å². The molecule has 35 heavy (non-hydrogen) atoms. The molecule has 0 spiro atoms. The van der Waals surface area contributed by atoms with Gasteiger partial charge in [-0.2, -0.15) is 5.10 Å². The summed E-state index contributed by atoms with van der Waals surface area (Å²) in [6, 6.07) is 23.5. The largest absolute Gasteiger partial charge is 0.376 e. The Morgan fingerprint density at radius 3 is 2.43 bits per heavy atom. The summed E-state index contributed by atoms with van der Waals surface area (Å²) in [7, 11) is 0. The van der Waals surface area contributed by atoms with Crippen molar-refractivity contribution in [2.45, 2.75) is 39.7 Å². The second-order valence-corrected chi connectivity index (χ2v) is 10.0. The summed E-state index contributed by atoms with van der Waals surface area (Å²) in [5.74, 6) is 0. The van der Waals surface area contributed by atoms with E-state index >= 15 is 0 Å². The third kappa shape index (κ3) is 5.37. The molecule has 1 fully saturated rings. The second kappa shape index (κ2) is 10.5. The third-order valence-electron chi connectivity index (χ3n) is 6.60. The summed E-state index contributed by atoms with van der Waals surface area (Å²) in [6.45, 7) is 8.00. The topological polar surface area (TPSA) is 38.9 Å². The number of hydrogen-bond donors (Lipinski definition) is 0. The van der Waals surface area contributed by atoms with Crippen LogP contribution < -0.4 is 4.80 Å². The lowest BCUT2D eigenvalue weighted by Gasteiger charge is -2.11. The fourth-order valence-corrected chi connectivity index (χ4v) is 5.26. The third-order valence-corrected chi connectivity index (χ3v) is 7.45. The first-order chi connectivity index (χ1) is 17.1. The molecule has 0 N–H and O–H groups in total. The Hall–Kier alpha value is -3.28. The van der Waals surface area contributed by atoms with Crippen LogP contribution in [-0.4, -0.2) is 30.1 Å². The summed E-state index contributed by atoms with van der Waals surface area (Å²) in [6.07, 6.45) is 4.34. The number of benzene rings is 3. The van der Waals surface area contributed by atoms with Crippen LogP contribution >= 0.6 is 11.3 Å². The van der Waals surface area contributed by atoms with Crippen LogP contribution in [0.5, 0.6) is 0 Å². The molecule has 2 heterocycles. The summed E-state index contributed by atoms with van der Waals surface area (Å²) >= 11 is 1.63. The highest BCUT2D eigenvalue weighted by Gasteiger charge is 2.16. The van der Waals surface area contributed by atoms with Gasteiger partial charge in [0.1, 0.15) is 0 Å². The van der Waals surface area contributed by atoms with Crippen molar-refractivity contribution >= 4 is 17.6 Å². The number of aromatic nitrogens is 1. The van der Waals surface area contributed by atoms with Gasteiger partial charge in [0, 0.05) is 17.6 Å². The molecule has 1 aliphatic heterocycles. The van der Waals surface area contributed by atoms with Crippen LogP contribution in [-0.2, 0) is 4.74 Å². The van der Waals surface area contributed by atoms with Crippen molar-refractivity contribution in [2.75, 3.05) is 13.2 Å². The molecule has 0 amide bonds. The molecule has 0 aliphatic carbocycles. The van der Waals surface area contributed by atoms with Crippen LogP contribution in [0, 0.1) is 20.8 Å². The molecule has 1 aromatic heterocycles. The molecule has 4 aromatic rings. The Bertz CT molecular complexity index is 1390. The number of aryl methyl sites for hydroxylation is 3. The van der Waals surface area contributed by atoms with E-state index in [1.54, 1.807) is 11.3 Å². The minimum absolute atomic E-state index is 0.215. The molecule has 178 valence electrons. The maximum absolute atomic E-state index is 5.79. The Balaban J connectivity index is 1.50. The fourth-order valence-electron chi connectivity index (χ4n) is 4.43. The van der Waals surface area contributed by atoms with E-state index in [1.807, 2.05) is 17.0 Å². The molecule has 0 bridgehead atoms. The Kier molecular flexibility index (Phi) is 7.07. The normalized spacial score (nSPS) is 16.4. The molecular formula is C30H31N3OS. The highest BCUT2D eigenvalue weighted by Crippen LogP contribution is 2.27. The van der Waals surface area contributed by atoms with Crippen molar-refractivity contribution in [3.8, 4) is 22.4 Å². The Morgan fingerprint density at radius 2 is 1.69 bits per heavy atom. The van der Waals surface area contributed by atoms with Crippen LogP contribution in [0.3, 0.4) is 0 Å². The van der Waals surface area contributed by atoms with Gasteiger partial charge in [0.05, 0.1) is 24.6 Å². The summed E-state index contributed by atoms with van der Waals surface area (Å²) < 4.78 is 7.78. The molecule has 1 aliphatic rings. The quantitative estimate of drug-likeness (QED) is 0.280. The van der Waals surface area contributed by atoms with E-state index in [-0.39, 0.29) is 6.10 Å². The van der Waals surface area contributed by atoms with Gasteiger partial charge in [-0.15, -0.1) is 11.3 Å². The van der Waals surface area contributed by atoms with E-state index in [4.69, 9.17) is 14.8 Å². The van der Waals surface area contributed by atoms with Crippen molar-refractivity contribution in [2.24, 2.45) is 10.1 Å². The molecule has 0 radical (unpaired) electrons. The minimum atomic E-state index is 0.215.